The average Bonchev–Trinajstić information content (AvgIpc) is 2.35. The molecule has 0 aliphatic carbocycles. The average molecular weight is 302 g/mol. The van der Waals surface area contributed by atoms with Crippen molar-refractivity contribution in [3.05, 3.63) is 23.8 Å². The van der Waals surface area contributed by atoms with Crippen molar-refractivity contribution in [1.82, 2.24) is 4.90 Å². The molecule has 0 aromatic heterocycles. The minimum atomic E-state index is -0.174. The van der Waals surface area contributed by atoms with E-state index in [9.17, 15) is 9.90 Å². The van der Waals surface area contributed by atoms with Crippen LogP contribution in [0, 0.1) is 0 Å². The summed E-state index contributed by atoms with van der Waals surface area (Å²) in [4.78, 5) is 13.8. The fourth-order valence-corrected chi connectivity index (χ4v) is 1.92. The van der Waals surface area contributed by atoms with E-state index in [0.29, 0.717) is 29.7 Å². The van der Waals surface area contributed by atoms with Crippen LogP contribution in [0.5, 0.6) is 11.5 Å². The quantitative estimate of drug-likeness (QED) is 0.849. The molecule has 0 radical (unpaired) electrons. The van der Waals surface area contributed by atoms with E-state index in [1.807, 2.05) is 6.92 Å². The van der Waals surface area contributed by atoms with Crippen LogP contribution in [-0.2, 0) is 0 Å². The van der Waals surface area contributed by atoms with E-state index in [0.717, 1.165) is 0 Å². The van der Waals surface area contributed by atoms with Crippen molar-refractivity contribution in [2.75, 3.05) is 25.5 Å². The lowest BCUT2D eigenvalue weighted by Crippen LogP contribution is -2.32. The lowest BCUT2D eigenvalue weighted by molar-refractivity contribution is 0.0772. The number of carbonyl (C=O) groups is 1. The number of hydrogen-bond acceptors (Lipinski definition) is 3. The molecule has 0 unspecified atom stereocenters. The molecule has 0 saturated carbocycles. The predicted octanol–water partition coefficient (Wildman–Crippen LogP) is 2.26. The number of aromatic hydroxyl groups is 1. The Hall–Kier alpha value is -1.23. The molecule has 1 aromatic rings. The van der Waals surface area contributed by atoms with E-state index in [4.69, 9.17) is 4.74 Å². The van der Waals surface area contributed by atoms with Crippen molar-refractivity contribution >= 4 is 21.8 Å². The minimum absolute atomic E-state index is 0.0534. The SMILES string of the molecule is CCN(CCBr)C(=O)c1ccc(OC)cc1O. The van der Waals surface area contributed by atoms with Crippen LogP contribution in [0.15, 0.2) is 18.2 Å². The normalized spacial score (nSPS) is 10.1. The van der Waals surface area contributed by atoms with Gasteiger partial charge in [0.05, 0.1) is 12.7 Å². The monoisotopic (exact) mass is 301 g/mol. The number of alkyl halides is 1. The summed E-state index contributed by atoms with van der Waals surface area (Å²) in [5, 5.41) is 10.5. The third kappa shape index (κ3) is 3.36. The van der Waals surface area contributed by atoms with Crippen molar-refractivity contribution in [2.24, 2.45) is 0 Å². The Bertz CT molecular complexity index is 395. The molecule has 0 heterocycles. The first-order chi connectivity index (χ1) is 8.13. The summed E-state index contributed by atoms with van der Waals surface area (Å²) in [6.45, 7) is 3.12. The largest absolute Gasteiger partial charge is 0.507 e. The van der Waals surface area contributed by atoms with Crippen molar-refractivity contribution in [3.63, 3.8) is 0 Å². The van der Waals surface area contributed by atoms with Crippen LogP contribution in [0.25, 0.3) is 0 Å². The van der Waals surface area contributed by atoms with Crippen LogP contribution in [-0.4, -0.2) is 41.4 Å². The van der Waals surface area contributed by atoms with Gasteiger partial charge in [0.25, 0.3) is 5.91 Å². The van der Waals surface area contributed by atoms with Crippen LogP contribution in [0.2, 0.25) is 0 Å². The highest BCUT2D eigenvalue weighted by molar-refractivity contribution is 9.09. The van der Waals surface area contributed by atoms with E-state index in [1.54, 1.807) is 17.0 Å². The smallest absolute Gasteiger partial charge is 0.257 e. The highest BCUT2D eigenvalue weighted by Crippen LogP contribution is 2.24. The Kier molecular flexibility index (Phi) is 5.28. The number of hydrogen-bond donors (Lipinski definition) is 1. The van der Waals surface area contributed by atoms with Gasteiger partial charge < -0.3 is 14.7 Å². The minimum Gasteiger partial charge on any atom is -0.507 e. The van der Waals surface area contributed by atoms with Crippen molar-refractivity contribution in [2.45, 2.75) is 6.92 Å². The molecule has 5 heteroatoms. The summed E-state index contributed by atoms with van der Waals surface area (Å²) in [5.41, 5.74) is 0.300. The number of phenols is 1. The molecule has 1 aromatic carbocycles. The van der Waals surface area contributed by atoms with E-state index < -0.39 is 0 Å². The van der Waals surface area contributed by atoms with Crippen LogP contribution in [0.3, 0.4) is 0 Å². The first kappa shape index (κ1) is 13.8. The zero-order chi connectivity index (χ0) is 12.8. The Morgan fingerprint density at radius 3 is 2.71 bits per heavy atom. The molecular formula is C12H16BrNO3. The van der Waals surface area contributed by atoms with Crippen LogP contribution >= 0.6 is 15.9 Å². The van der Waals surface area contributed by atoms with Gasteiger partial charge in [-0.3, -0.25) is 4.79 Å². The molecule has 1 amide bonds. The van der Waals surface area contributed by atoms with E-state index in [2.05, 4.69) is 15.9 Å². The van der Waals surface area contributed by atoms with Gasteiger partial charge in [-0.2, -0.15) is 0 Å². The summed E-state index contributed by atoms with van der Waals surface area (Å²) in [7, 11) is 1.51. The molecule has 0 atom stereocenters. The maximum atomic E-state index is 12.1. The second-order valence-corrected chi connectivity index (χ2v) is 4.25. The van der Waals surface area contributed by atoms with Crippen LogP contribution < -0.4 is 4.74 Å². The van der Waals surface area contributed by atoms with Gasteiger partial charge >= 0.3 is 0 Å². The Morgan fingerprint density at radius 1 is 1.53 bits per heavy atom. The Morgan fingerprint density at radius 2 is 2.24 bits per heavy atom. The van der Waals surface area contributed by atoms with Crippen molar-refractivity contribution < 1.29 is 14.6 Å². The molecule has 1 N–H and O–H groups in total. The number of ether oxygens (including phenoxy) is 1. The van der Waals surface area contributed by atoms with E-state index >= 15 is 0 Å². The lowest BCUT2D eigenvalue weighted by atomic mass is 10.1. The van der Waals surface area contributed by atoms with E-state index in [1.165, 1.54) is 13.2 Å². The summed E-state index contributed by atoms with van der Waals surface area (Å²) in [6, 6.07) is 4.68. The van der Waals surface area contributed by atoms with Gasteiger partial charge in [0.2, 0.25) is 0 Å². The molecule has 0 saturated heterocycles. The number of amides is 1. The van der Waals surface area contributed by atoms with Gasteiger partial charge in [0.15, 0.2) is 0 Å². The molecule has 0 fully saturated rings. The highest BCUT2D eigenvalue weighted by Gasteiger charge is 2.17. The van der Waals surface area contributed by atoms with Crippen molar-refractivity contribution in [3.8, 4) is 11.5 Å². The molecular weight excluding hydrogens is 286 g/mol. The zero-order valence-electron chi connectivity index (χ0n) is 9.94. The molecule has 17 heavy (non-hydrogen) atoms. The summed E-state index contributed by atoms with van der Waals surface area (Å²) < 4.78 is 4.97. The first-order valence-electron chi connectivity index (χ1n) is 5.36. The molecule has 0 spiro atoms. The van der Waals surface area contributed by atoms with Gasteiger partial charge in [0.1, 0.15) is 11.5 Å². The van der Waals surface area contributed by atoms with Gasteiger partial charge in [0, 0.05) is 24.5 Å². The molecule has 94 valence electrons. The van der Waals surface area contributed by atoms with Gasteiger partial charge in [-0.25, -0.2) is 0 Å². The lowest BCUT2D eigenvalue weighted by Gasteiger charge is -2.20. The third-order valence-corrected chi connectivity index (χ3v) is 2.81. The maximum Gasteiger partial charge on any atom is 0.257 e. The second-order valence-electron chi connectivity index (χ2n) is 3.46. The number of carbonyl (C=O) groups excluding carboxylic acids is 1. The molecule has 0 bridgehead atoms. The van der Waals surface area contributed by atoms with Gasteiger partial charge in [-0.15, -0.1) is 0 Å². The first-order valence-corrected chi connectivity index (χ1v) is 6.48. The molecule has 0 aliphatic rings. The van der Waals surface area contributed by atoms with Gasteiger partial charge in [-0.1, -0.05) is 15.9 Å². The fourth-order valence-electron chi connectivity index (χ4n) is 1.49. The second kappa shape index (κ2) is 6.49. The third-order valence-electron chi connectivity index (χ3n) is 2.46. The Balaban J connectivity index is 2.95. The number of methoxy groups -OCH3 is 1. The van der Waals surface area contributed by atoms with Gasteiger partial charge in [-0.05, 0) is 19.1 Å². The predicted molar refractivity (Wildman–Crippen MR) is 70.0 cm³/mol. The standard InChI is InChI=1S/C12H16BrNO3/c1-3-14(7-6-13)12(16)10-5-4-9(17-2)8-11(10)15/h4-5,8,15H,3,6-7H2,1-2H3. The number of phenolic OH excluding ortho intramolecular Hbond substituents is 1. The fraction of sp³-hybridized carbons (Fsp3) is 0.417. The van der Waals surface area contributed by atoms with E-state index in [-0.39, 0.29) is 11.7 Å². The topological polar surface area (TPSA) is 49.8 Å². The van der Waals surface area contributed by atoms with Crippen LogP contribution in [0.4, 0.5) is 0 Å². The molecule has 0 aliphatic heterocycles. The highest BCUT2D eigenvalue weighted by atomic mass is 79.9. The molecule has 4 nitrogen and oxygen atoms in total. The summed E-state index contributed by atoms with van der Waals surface area (Å²) >= 11 is 3.30. The number of rotatable bonds is 5. The maximum absolute atomic E-state index is 12.1. The zero-order valence-corrected chi connectivity index (χ0v) is 11.5. The van der Waals surface area contributed by atoms with Crippen LogP contribution in [0.1, 0.15) is 17.3 Å². The number of nitrogens with zero attached hydrogens (tertiary/aromatic N) is 1. The summed E-state index contributed by atoms with van der Waals surface area (Å²) in [6.07, 6.45) is 0. The number of benzene rings is 1. The van der Waals surface area contributed by atoms with Crippen molar-refractivity contribution in [1.29, 1.82) is 0 Å². The Labute approximate surface area is 109 Å². The molecule has 1 rings (SSSR count). The summed E-state index contributed by atoms with van der Waals surface area (Å²) in [5.74, 6) is 0.303. The number of halogens is 1.